The van der Waals surface area contributed by atoms with Gasteiger partial charge in [-0.1, -0.05) is 25.2 Å². The highest BCUT2D eigenvalue weighted by Crippen LogP contribution is 2.29. The first kappa shape index (κ1) is 21.0. The van der Waals surface area contributed by atoms with E-state index in [1.807, 2.05) is 19.1 Å². The van der Waals surface area contributed by atoms with Crippen molar-refractivity contribution in [2.24, 2.45) is 15.9 Å². The molecule has 0 N–H and O–H groups in total. The molecule has 23 heavy (non-hydrogen) atoms. The SMILES string of the molecule is C=COC(CC1CCC1)=NCC(/C=C\C)=C/N=CC=O.COC. The van der Waals surface area contributed by atoms with Gasteiger partial charge in [-0.3, -0.25) is 14.8 Å². The van der Waals surface area contributed by atoms with E-state index in [1.165, 1.54) is 31.7 Å². The van der Waals surface area contributed by atoms with Crippen LogP contribution in [-0.4, -0.2) is 39.2 Å². The summed E-state index contributed by atoms with van der Waals surface area (Å²) in [4.78, 5) is 18.6. The molecule has 1 aliphatic carbocycles. The highest BCUT2D eigenvalue weighted by atomic mass is 16.5. The van der Waals surface area contributed by atoms with Crippen molar-refractivity contribution in [3.63, 3.8) is 0 Å². The number of carbonyl (C=O) groups is 1. The molecule has 128 valence electrons. The normalized spacial score (nSPS) is 16.0. The zero-order valence-electron chi connectivity index (χ0n) is 14.4. The van der Waals surface area contributed by atoms with Gasteiger partial charge in [0.1, 0.15) is 0 Å². The summed E-state index contributed by atoms with van der Waals surface area (Å²) in [5.41, 5.74) is 0.921. The molecule has 5 nitrogen and oxygen atoms in total. The lowest BCUT2D eigenvalue weighted by Gasteiger charge is -2.25. The Morgan fingerprint density at radius 3 is 2.52 bits per heavy atom. The van der Waals surface area contributed by atoms with Crippen LogP contribution < -0.4 is 0 Å². The number of rotatable bonds is 8. The van der Waals surface area contributed by atoms with E-state index in [9.17, 15) is 4.79 Å². The molecule has 0 atom stereocenters. The lowest BCUT2D eigenvalue weighted by molar-refractivity contribution is -0.102. The molecular weight excluding hydrogens is 292 g/mol. The van der Waals surface area contributed by atoms with Gasteiger partial charge in [-0.15, -0.1) is 0 Å². The van der Waals surface area contributed by atoms with E-state index in [2.05, 4.69) is 21.3 Å². The minimum absolute atomic E-state index is 0.483. The average Bonchev–Trinajstić information content (AvgIpc) is 2.49. The monoisotopic (exact) mass is 320 g/mol. The van der Waals surface area contributed by atoms with Crippen molar-refractivity contribution in [1.29, 1.82) is 0 Å². The molecule has 1 rings (SSSR count). The second-order valence-electron chi connectivity index (χ2n) is 5.04. The Bertz CT molecular complexity index is 447. The van der Waals surface area contributed by atoms with E-state index in [4.69, 9.17) is 4.74 Å². The van der Waals surface area contributed by atoms with E-state index in [0.717, 1.165) is 17.9 Å². The van der Waals surface area contributed by atoms with Gasteiger partial charge in [-0.25, -0.2) is 0 Å². The third kappa shape index (κ3) is 11.2. The van der Waals surface area contributed by atoms with Crippen molar-refractivity contribution in [3.8, 4) is 0 Å². The van der Waals surface area contributed by atoms with Gasteiger partial charge in [0.05, 0.1) is 19.0 Å². The zero-order chi connectivity index (χ0) is 17.3. The second-order valence-corrected chi connectivity index (χ2v) is 5.04. The predicted octanol–water partition coefficient (Wildman–Crippen LogP) is 3.73. The van der Waals surface area contributed by atoms with Crippen molar-refractivity contribution >= 4 is 18.4 Å². The first-order chi connectivity index (χ1) is 11.2. The maximum atomic E-state index is 10.2. The quantitative estimate of drug-likeness (QED) is 0.225. The molecule has 0 heterocycles. The summed E-state index contributed by atoms with van der Waals surface area (Å²) in [5, 5.41) is 0. The molecule has 1 fully saturated rings. The van der Waals surface area contributed by atoms with Crippen LogP contribution in [0.3, 0.4) is 0 Å². The number of hydrogen-bond donors (Lipinski definition) is 0. The van der Waals surface area contributed by atoms with Gasteiger partial charge in [-0.2, -0.15) is 0 Å². The predicted molar refractivity (Wildman–Crippen MR) is 95.9 cm³/mol. The summed E-state index contributed by atoms with van der Waals surface area (Å²) >= 11 is 0. The Balaban J connectivity index is 0.00000149. The van der Waals surface area contributed by atoms with Crippen LogP contribution in [0, 0.1) is 5.92 Å². The molecule has 0 spiro atoms. The van der Waals surface area contributed by atoms with E-state index in [-0.39, 0.29) is 0 Å². The minimum Gasteiger partial charge on any atom is -0.452 e. The van der Waals surface area contributed by atoms with Crippen LogP contribution in [-0.2, 0) is 14.3 Å². The fraction of sp³-hybridized carbons (Fsp3) is 0.500. The summed E-state index contributed by atoms with van der Waals surface area (Å²) in [6.45, 7) is 5.99. The van der Waals surface area contributed by atoms with Gasteiger partial charge in [0.15, 0.2) is 12.2 Å². The highest BCUT2D eigenvalue weighted by molar-refractivity contribution is 6.13. The Labute approximate surface area is 139 Å². The Morgan fingerprint density at radius 1 is 1.35 bits per heavy atom. The van der Waals surface area contributed by atoms with E-state index in [1.54, 1.807) is 20.4 Å². The number of aldehydes is 1. The molecule has 0 aliphatic heterocycles. The third-order valence-electron chi connectivity index (χ3n) is 3.11. The fourth-order valence-corrected chi connectivity index (χ4v) is 1.89. The van der Waals surface area contributed by atoms with Gasteiger partial charge in [-0.05, 0) is 31.3 Å². The van der Waals surface area contributed by atoms with E-state index in [0.29, 0.717) is 18.7 Å². The Kier molecular flexibility index (Phi) is 13.6. The molecule has 5 heteroatoms. The van der Waals surface area contributed by atoms with E-state index < -0.39 is 0 Å². The lowest BCUT2D eigenvalue weighted by Crippen LogP contribution is -2.17. The smallest absolute Gasteiger partial charge is 0.189 e. The molecule has 0 aromatic rings. The Morgan fingerprint density at radius 2 is 2.04 bits per heavy atom. The standard InChI is InChI=1S/C16H22N2O2.C2H6O/c1-3-6-15(12-17-9-10-19)13-18-16(20-4-2)11-14-7-5-8-14;1-3-2/h3-4,6,9-10,12,14H,2,5,7-8,11,13H2,1H3;1-2H3/b6-3-,15-12+,17-9?,18-16?;. The van der Waals surface area contributed by atoms with Crippen molar-refractivity contribution in [3.05, 3.63) is 36.8 Å². The first-order valence-electron chi connectivity index (χ1n) is 7.71. The fourth-order valence-electron chi connectivity index (χ4n) is 1.89. The molecule has 0 aromatic carbocycles. The summed E-state index contributed by atoms with van der Waals surface area (Å²) in [7, 11) is 3.25. The number of ether oxygens (including phenoxy) is 2. The van der Waals surface area contributed by atoms with Crippen LogP contribution in [0.4, 0.5) is 0 Å². The minimum atomic E-state index is 0.483. The molecular formula is C18H28N2O3. The second kappa shape index (κ2) is 14.9. The molecule has 0 bridgehead atoms. The van der Waals surface area contributed by atoms with Gasteiger partial charge in [0.2, 0.25) is 0 Å². The molecule has 0 amide bonds. The van der Waals surface area contributed by atoms with Crippen molar-refractivity contribution in [2.75, 3.05) is 20.8 Å². The van der Waals surface area contributed by atoms with Crippen molar-refractivity contribution in [1.82, 2.24) is 0 Å². The number of nitrogens with zero attached hydrogens (tertiary/aromatic N) is 2. The largest absolute Gasteiger partial charge is 0.452 e. The maximum Gasteiger partial charge on any atom is 0.189 e. The average molecular weight is 320 g/mol. The molecule has 1 saturated carbocycles. The van der Waals surface area contributed by atoms with Crippen molar-refractivity contribution < 1.29 is 14.3 Å². The topological polar surface area (TPSA) is 60.2 Å². The van der Waals surface area contributed by atoms with Crippen LogP contribution in [0.5, 0.6) is 0 Å². The van der Waals surface area contributed by atoms with Gasteiger partial charge in [0, 0.05) is 26.8 Å². The lowest BCUT2D eigenvalue weighted by atomic mass is 9.83. The van der Waals surface area contributed by atoms with Crippen LogP contribution in [0.2, 0.25) is 0 Å². The van der Waals surface area contributed by atoms with Crippen LogP contribution in [0.25, 0.3) is 0 Å². The number of carbonyl (C=O) groups excluding carboxylic acids is 1. The zero-order valence-corrected chi connectivity index (χ0v) is 14.4. The molecule has 1 aliphatic rings. The molecule has 0 radical (unpaired) electrons. The Hall–Kier alpha value is -2.01. The maximum absolute atomic E-state index is 10.2. The summed E-state index contributed by atoms with van der Waals surface area (Å²) < 4.78 is 9.62. The third-order valence-corrected chi connectivity index (χ3v) is 3.11. The molecule has 0 unspecified atom stereocenters. The van der Waals surface area contributed by atoms with E-state index >= 15 is 0 Å². The number of allylic oxidation sites excluding steroid dienone is 1. The summed E-state index contributed by atoms with van der Waals surface area (Å²) in [6, 6.07) is 0. The summed E-state index contributed by atoms with van der Waals surface area (Å²) in [5.74, 6) is 1.41. The van der Waals surface area contributed by atoms with Crippen LogP contribution in [0.1, 0.15) is 32.6 Å². The molecule has 0 saturated heterocycles. The van der Waals surface area contributed by atoms with Crippen LogP contribution >= 0.6 is 0 Å². The van der Waals surface area contributed by atoms with Crippen LogP contribution in [0.15, 0.2) is 46.8 Å². The number of hydrogen-bond acceptors (Lipinski definition) is 5. The van der Waals surface area contributed by atoms with Gasteiger partial charge < -0.3 is 9.47 Å². The van der Waals surface area contributed by atoms with Gasteiger partial charge >= 0.3 is 0 Å². The number of aliphatic imine (C=N–C) groups is 2. The summed E-state index contributed by atoms with van der Waals surface area (Å²) in [6.07, 6.45) is 13.4. The first-order valence-corrected chi connectivity index (χ1v) is 7.71. The number of methoxy groups -OCH3 is 1. The van der Waals surface area contributed by atoms with Gasteiger partial charge in [0.25, 0.3) is 0 Å². The van der Waals surface area contributed by atoms with Crippen molar-refractivity contribution in [2.45, 2.75) is 32.6 Å². The highest BCUT2D eigenvalue weighted by Gasteiger charge is 2.20. The molecule has 0 aromatic heterocycles.